The van der Waals surface area contributed by atoms with Gasteiger partial charge in [0.15, 0.2) is 12.2 Å². The summed E-state index contributed by atoms with van der Waals surface area (Å²) >= 11 is 0. The molecule has 1 fully saturated rings. The smallest absolute Gasteiger partial charge is 0.305 e. The number of ether oxygens (including phenoxy) is 5. The summed E-state index contributed by atoms with van der Waals surface area (Å²) in [7, 11) is 0. The fraction of sp³-hybridized carbons (Fsp3) is 0.714. The SMILES string of the molecule is CC(=O)O[C@H]1O[C@H](C)[C@@H](OC(C)=O)[C@H](OC(C)=O)[C@@H]1OC(C)=O. The van der Waals surface area contributed by atoms with Gasteiger partial charge >= 0.3 is 23.9 Å². The summed E-state index contributed by atoms with van der Waals surface area (Å²) in [5.74, 6) is -2.69. The zero-order valence-corrected chi connectivity index (χ0v) is 13.6. The molecule has 5 atom stereocenters. The molecule has 23 heavy (non-hydrogen) atoms. The first-order valence-electron chi connectivity index (χ1n) is 6.96. The summed E-state index contributed by atoms with van der Waals surface area (Å²) in [6.45, 7) is 6.16. The summed E-state index contributed by atoms with van der Waals surface area (Å²) < 4.78 is 25.7. The van der Waals surface area contributed by atoms with Crippen molar-refractivity contribution in [2.75, 3.05) is 0 Å². The average Bonchev–Trinajstić information content (AvgIpc) is 2.36. The van der Waals surface area contributed by atoms with Crippen LogP contribution in [0.15, 0.2) is 0 Å². The van der Waals surface area contributed by atoms with Crippen molar-refractivity contribution in [1.82, 2.24) is 0 Å². The zero-order chi connectivity index (χ0) is 17.7. The van der Waals surface area contributed by atoms with Crippen LogP contribution in [-0.2, 0) is 42.9 Å². The number of esters is 4. The molecule has 0 amide bonds. The Morgan fingerprint density at radius 1 is 0.652 bits per heavy atom. The molecular formula is C14H20O9. The van der Waals surface area contributed by atoms with E-state index in [9.17, 15) is 19.2 Å². The third-order valence-electron chi connectivity index (χ3n) is 2.92. The Kier molecular flexibility index (Phi) is 6.49. The molecule has 0 radical (unpaired) electrons. The lowest BCUT2D eigenvalue weighted by Crippen LogP contribution is -2.61. The van der Waals surface area contributed by atoms with Gasteiger partial charge in [-0.3, -0.25) is 19.2 Å². The lowest BCUT2D eigenvalue weighted by molar-refractivity contribution is -0.292. The zero-order valence-electron chi connectivity index (χ0n) is 13.6. The van der Waals surface area contributed by atoms with E-state index in [-0.39, 0.29) is 0 Å². The van der Waals surface area contributed by atoms with E-state index in [2.05, 4.69) is 0 Å². The molecular weight excluding hydrogens is 312 g/mol. The number of rotatable bonds is 4. The molecule has 0 saturated carbocycles. The van der Waals surface area contributed by atoms with Crippen LogP contribution in [-0.4, -0.2) is 54.6 Å². The maximum absolute atomic E-state index is 11.4. The third-order valence-corrected chi connectivity index (χ3v) is 2.92. The molecule has 0 aliphatic carbocycles. The van der Waals surface area contributed by atoms with Crippen molar-refractivity contribution in [3.8, 4) is 0 Å². The summed E-state index contributed by atoms with van der Waals surface area (Å²) in [6, 6.07) is 0. The van der Waals surface area contributed by atoms with E-state index in [1.54, 1.807) is 6.92 Å². The van der Waals surface area contributed by atoms with Gasteiger partial charge < -0.3 is 23.7 Å². The first kappa shape index (κ1) is 18.9. The van der Waals surface area contributed by atoms with Crippen molar-refractivity contribution in [1.29, 1.82) is 0 Å². The van der Waals surface area contributed by atoms with E-state index in [1.807, 2.05) is 0 Å². The molecule has 1 rings (SSSR count). The lowest BCUT2D eigenvalue weighted by atomic mass is 9.99. The summed E-state index contributed by atoms with van der Waals surface area (Å²) in [6.07, 6.45) is -5.51. The van der Waals surface area contributed by atoms with E-state index in [0.717, 1.165) is 20.8 Å². The van der Waals surface area contributed by atoms with Gasteiger partial charge in [0, 0.05) is 27.7 Å². The molecule has 0 N–H and O–H groups in total. The minimum atomic E-state index is -1.29. The lowest BCUT2D eigenvalue weighted by Gasteiger charge is -2.42. The van der Waals surface area contributed by atoms with E-state index >= 15 is 0 Å². The van der Waals surface area contributed by atoms with Gasteiger partial charge in [0.1, 0.15) is 0 Å². The van der Waals surface area contributed by atoms with Crippen LogP contribution in [0, 0.1) is 0 Å². The predicted molar refractivity (Wildman–Crippen MR) is 72.8 cm³/mol. The Balaban J connectivity index is 3.15. The van der Waals surface area contributed by atoms with E-state index < -0.39 is 54.6 Å². The maximum Gasteiger partial charge on any atom is 0.305 e. The summed E-state index contributed by atoms with van der Waals surface area (Å²) in [5, 5.41) is 0. The standard InChI is InChI=1S/C14H20O9/c1-6-11(20-7(2)15)12(21-8(3)16)13(22-9(4)17)14(19-6)23-10(5)18/h6,11-14H,1-5H3/t6-,11-,12+,13+,14-/m1/s1. The van der Waals surface area contributed by atoms with Crippen molar-refractivity contribution >= 4 is 23.9 Å². The van der Waals surface area contributed by atoms with E-state index in [0.29, 0.717) is 0 Å². The van der Waals surface area contributed by atoms with Crippen LogP contribution in [0.4, 0.5) is 0 Å². The van der Waals surface area contributed by atoms with E-state index in [4.69, 9.17) is 23.7 Å². The van der Waals surface area contributed by atoms with Gasteiger partial charge in [-0.05, 0) is 6.92 Å². The highest BCUT2D eigenvalue weighted by Gasteiger charge is 2.51. The van der Waals surface area contributed by atoms with Crippen molar-refractivity contribution in [3.63, 3.8) is 0 Å². The second-order valence-corrected chi connectivity index (χ2v) is 5.04. The fourth-order valence-corrected chi connectivity index (χ4v) is 2.23. The van der Waals surface area contributed by atoms with Crippen LogP contribution in [0.5, 0.6) is 0 Å². The molecule has 130 valence electrons. The molecule has 0 aromatic heterocycles. The van der Waals surface area contributed by atoms with Gasteiger partial charge in [0.2, 0.25) is 12.4 Å². The van der Waals surface area contributed by atoms with Gasteiger partial charge in [0.25, 0.3) is 0 Å². The highest BCUT2D eigenvalue weighted by atomic mass is 16.7. The molecule has 0 bridgehead atoms. The molecule has 1 saturated heterocycles. The van der Waals surface area contributed by atoms with Gasteiger partial charge in [-0.25, -0.2) is 0 Å². The fourth-order valence-electron chi connectivity index (χ4n) is 2.23. The predicted octanol–water partition coefficient (Wildman–Crippen LogP) is 0.0894. The van der Waals surface area contributed by atoms with Crippen LogP contribution < -0.4 is 0 Å². The highest BCUT2D eigenvalue weighted by Crippen LogP contribution is 2.29. The average molecular weight is 332 g/mol. The normalized spacial score (nSPS) is 30.0. The minimum Gasteiger partial charge on any atom is -0.456 e. The molecule has 1 aliphatic heterocycles. The molecule has 9 heteroatoms. The van der Waals surface area contributed by atoms with Crippen molar-refractivity contribution in [2.45, 2.75) is 65.3 Å². The van der Waals surface area contributed by atoms with Crippen LogP contribution >= 0.6 is 0 Å². The molecule has 1 heterocycles. The monoisotopic (exact) mass is 332 g/mol. The third kappa shape index (κ3) is 5.51. The van der Waals surface area contributed by atoms with Crippen molar-refractivity contribution in [2.24, 2.45) is 0 Å². The largest absolute Gasteiger partial charge is 0.456 e. The first-order chi connectivity index (χ1) is 10.6. The maximum atomic E-state index is 11.4. The molecule has 0 aromatic carbocycles. The Morgan fingerprint density at radius 2 is 1.04 bits per heavy atom. The Labute approximate surface area is 133 Å². The van der Waals surface area contributed by atoms with E-state index in [1.165, 1.54) is 6.92 Å². The summed E-state index contributed by atoms with van der Waals surface area (Å²) in [4.78, 5) is 45.1. The molecule has 0 spiro atoms. The van der Waals surface area contributed by atoms with Gasteiger partial charge in [0.05, 0.1) is 6.10 Å². The molecule has 0 aromatic rings. The van der Waals surface area contributed by atoms with Crippen LogP contribution in [0.1, 0.15) is 34.6 Å². The highest BCUT2D eigenvalue weighted by molar-refractivity contribution is 5.69. The second kappa shape index (κ2) is 7.91. The van der Waals surface area contributed by atoms with Gasteiger partial charge in [-0.1, -0.05) is 0 Å². The Morgan fingerprint density at radius 3 is 1.48 bits per heavy atom. The quantitative estimate of drug-likeness (QED) is 0.521. The van der Waals surface area contributed by atoms with Crippen LogP contribution in [0.2, 0.25) is 0 Å². The first-order valence-corrected chi connectivity index (χ1v) is 6.96. The number of hydrogen-bond donors (Lipinski definition) is 0. The van der Waals surface area contributed by atoms with Crippen LogP contribution in [0.25, 0.3) is 0 Å². The van der Waals surface area contributed by atoms with Gasteiger partial charge in [-0.2, -0.15) is 0 Å². The number of carbonyl (C=O) groups excluding carboxylic acids is 4. The molecule has 0 unspecified atom stereocenters. The molecule has 1 aliphatic rings. The van der Waals surface area contributed by atoms with Crippen molar-refractivity contribution < 1.29 is 42.9 Å². The summed E-state index contributed by atoms with van der Waals surface area (Å²) in [5.41, 5.74) is 0. The van der Waals surface area contributed by atoms with Crippen LogP contribution in [0.3, 0.4) is 0 Å². The number of carbonyl (C=O) groups is 4. The Hall–Kier alpha value is -2.16. The van der Waals surface area contributed by atoms with Crippen molar-refractivity contribution in [3.05, 3.63) is 0 Å². The second-order valence-electron chi connectivity index (χ2n) is 5.04. The van der Waals surface area contributed by atoms with Gasteiger partial charge in [-0.15, -0.1) is 0 Å². The minimum absolute atomic E-state index is 0.630. The molecule has 9 nitrogen and oxygen atoms in total. The topological polar surface area (TPSA) is 114 Å². The Bertz CT molecular complexity index is 487. The number of hydrogen-bond acceptors (Lipinski definition) is 9.